The number of fused-ring (bicyclic) bond motifs is 1. The summed E-state index contributed by atoms with van der Waals surface area (Å²) in [6.07, 6.45) is 1.94. The summed E-state index contributed by atoms with van der Waals surface area (Å²) in [6.45, 7) is 6.04. The molecule has 18 heavy (non-hydrogen) atoms. The van der Waals surface area contributed by atoms with E-state index in [0.717, 1.165) is 30.6 Å². The number of hydrogen-bond acceptors (Lipinski definition) is 3. The highest BCUT2D eigenvalue weighted by Crippen LogP contribution is 2.31. The Bertz CT molecular complexity index is 545. The van der Waals surface area contributed by atoms with Crippen molar-refractivity contribution in [1.82, 2.24) is 0 Å². The van der Waals surface area contributed by atoms with Crippen LogP contribution >= 0.6 is 0 Å². The highest BCUT2D eigenvalue weighted by Gasteiger charge is 2.29. The van der Waals surface area contributed by atoms with Crippen molar-refractivity contribution < 1.29 is 8.42 Å². The smallest absolute Gasteiger partial charge is 0.237 e. The molecule has 0 aliphatic carbocycles. The van der Waals surface area contributed by atoms with Crippen molar-refractivity contribution in [2.24, 2.45) is 0 Å². The molecule has 0 saturated heterocycles. The summed E-state index contributed by atoms with van der Waals surface area (Å²) in [5.74, 6) is 0. The highest BCUT2D eigenvalue weighted by atomic mass is 32.2. The van der Waals surface area contributed by atoms with Crippen LogP contribution in [0.4, 0.5) is 11.4 Å². The fraction of sp³-hybridized carbons (Fsp3) is 0.538. The van der Waals surface area contributed by atoms with E-state index in [9.17, 15) is 8.42 Å². The molecule has 4 nitrogen and oxygen atoms in total. The molecule has 5 heteroatoms. The Labute approximate surface area is 109 Å². The average molecular weight is 268 g/mol. The Morgan fingerprint density at radius 2 is 2.00 bits per heavy atom. The van der Waals surface area contributed by atoms with E-state index in [1.165, 1.54) is 0 Å². The Morgan fingerprint density at radius 1 is 1.28 bits per heavy atom. The van der Waals surface area contributed by atoms with Crippen LogP contribution in [0.2, 0.25) is 0 Å². The quantitative estimate of drug-likeness (QED) is 0.866. The number of rotatable bonds is 2. The van der Waals surface area contributed by atoms with Crippen molar-refractivity contribution in [2.45, 2.75) is 38.4 Å². The summed E-state index contributed by atoms with van der Waals surface area (Å²) >= 11 is 0. The zero-order valence-corrected chi connectivity index (χ0v) is 11.9. The monoisotopic (exact) mass is 268 g/mol. The minimum absolute atomic E-state index is 0.703. The summed E-state index contributed by atoms with van der Waals surface area (Å²) in [6, 6.07) is 5.69. The molecule has 0 aromatic heterocycles. The minimum Gasteiger partial charge on any atom is -0.385 e. The van der Waals surface area contributed by atoms with Gasteiger partial charge < -0.3 is 5.32 Å². The van der Waals surface area contributed by atoms with Crippen LogP contribution in [-0.4, -0.2) is 19.7 Å². The van der Waals surface area contributed by atoms with E-state index in [1.807, 2.05) is 18.2 Å². The van der Waals surface area contributed by atoms with Gasteiger partial charge in [0.15, 0.2) is 0 Å². The molecule has 1 aromatic rings. The second-order valence-corrected chi connectivity index (χ2v) is 8.02. The third-order valence-electron chi connectivity index (χ3n) is 3.15. The molecule has 100 valence electrons. The first-order valence-electron chi connectivity index (χ1n) is 6.19. The molecule has 2 rings (SSSR count). The molecule has 0 amide bonds. The van der Waals surface area contributed by atoms with Gasteiger partial charge in [-0.2, -0.15) is 0 Å². The Kier molecular flexibility index (Phi) is 3.27. The number of benzene rings is 1. The number of nitrogens with one attached hydrogen (secondary N) is 2. The van der Waals surface area contributed by atoms with Crippen molar-refractivity contribution >= 4 is 21.4 Å². The lowest BCUT2D eigenvalue weighted by Gasteiger charge is -2.25. The highest BCUT2D eigenvalue weighted by molar-refractivity contribution is 7.94. The minimum atomic E-state index is -3.36. The van der Waals surface area contributed by atoms with Crippen LogP contribution in [0.5, 0.6) is 0 Å². The summed E-state index contributed by atoms with van der Waals surface area (Å²) in [5.41, 5.74) is 2.81. The largest absolute Gasteiger partial charge is 0.385 e. The van der Waals surface area contributed by atoms with E-state index in [1.54, 1.807) is 20.8 Å². The van der Waals surface area contributed by atoms with Gasteiger partial charge in [0, 0.05) is 12.2 Å². The van der Waals surface area contributed by atoms with Gasteiger partial charge in [-0.15, -0.1) is 0 Å². The predicted molar refractivity (Wildman–Crippen MR) is 75.5 cm³/mol. The van der Waals surface area contributed by atoms with Crippen LogP contribution < -0.4 is 10.0 Å². The fourth-order valence-electron chi connectivity index (χ4n) is 1.90. The molecule has 0 atom stereocenters. The lowest BCUT2D eigenvalue weighted by atomic mass is 10.0. The predicted octanol–water partition coefficient (Wildman–Crippen LogP) is 2.58. The van der Waals surface area contributed by atoms with Gasteiger partial charge in [0.1, 0.15) is 0 Å². The second kappa shape index (κ2) is 4.46. The van der Waals surface area contributed by atoms with Crippen LogP contribution in [0.3, 0.4) is 0 Å². The molecule has 0 unspecified atom stereocenters. The van der Waals surface area contributed by atoms with Crippen molar-refractivity contribution in [3.63, 3.8) is 0 Å². The van der Waals surface area contributed by atoms with E-state index in [-0.39, 0.29) is 0 Å². The number of anilines is 2. The number of sulfonamides is 1. The maximum atomic E-state index is 12.2. The molecule has 1 aliphatic rings. The lowest BCUT2D eigenvalue weighted by Crippen LogP contribution is -2.34. The zero-order valence-electron chi connectivity index (χ0n) is 11.1. The maximum Gasteiger partial charge on any atom is 0.237 e. The Morgan fingerprint density at radius 3 is 2.67 bits per heavy atom. The first kappa shape index (κ1) is 13.2. The van der Waals surface area contributed by atoms with Crippen molar-refractivity contribution in [1.29, 1.82) is 0 Å². The molecule has 1 aromatic carbocycles. The van der Waals surface area contributed by atoms with E-state index < -0.39 is 14.8 Å². The third kappa shape index (κ3) is 2.46. The summed E-state index contributed by atoms with van der Waals surface area (Å²) in [5, 5.41) is 3.29. The summed E-state index contributed by atoms with van der Waals surface area (Å²) < 4.78 is 26.3. The molecule has 2 N–H and O–H groups in total. The first-order valence-corrected chi connectivity index (χ1v) is 7.68. The maximum absolute atomic E-state index is 12.2. The molecular weight excluding hydrogens is 248 g/mol. The molecule has 1 heterocycles. The molecule has 0 radical (unpaired) electrons. The van der Waals surface area contributed by atoms with Crippen molar-refractivity contribution in [2.75, 3.05) is 16.6 Å². The molecule has 1 aliphatic heterocycles. The second-order valence-electron chi connectivity index (χ2n) is 5.58. The van der Waals surface area contributed by atoms with Gasteiger partial charge in [-0.25, -0.2) is 8.42 Å². The third-order valence-corrected chi connectivity index (χ3v) is 5.25. The number of hydrogen-bond donors (Lipinski definition) is 2. The van der Waals surface area contributed by atoms with E-state index in [0.29, 0.717) is 5.69 Å². The summed E-state index contributed by atoms with van der Waals surface area (Å²) in [7, 11) is -3.36. The Hall–Kier alpha value is -1.23. The van der Waals surface area contributed by atoms with Crippen molar-refractivity contribution in [3.05, 3.63) is 23.8 Å². The standard InChI is InChI=1S/C13H20N2O2S/c1-13(2,3)18(16,17)15-12-8-4-7-11-10(12)6-5-9-14-11/h4,7-8,14-15H,5-6,9H2,1-3H3. The van der Waals surface area contributed by atoms with E-state index in [4.69, 9.17) is 0 Å². The SMILES string of the molecule is CC(C)(C)S(=O)(=O)Nc1cccc2c1CCCN2. The molecular formula is C13H20N2O2S. The first-order chi connectivity index (χ1) is 8.31. The van der Waals surface area contributed by atoms with Gasteiger partial charge in [0.2, 0.25) is 10.0 Å². The van der Waals surface area contributed by atoms with Gasteiger partial charge in [0.25, 0.3) is 0 Å². The van der Waals surface area contributed by atoms with E-state index in [2.05, 4.69) is 10.0 Å². The topological polar surface area (TPSA) is 58.2 Å². The van der Waals surface area contributed by atoms with Gasteiger partial charge >= 0.3 is 0 Å². The van der Waals surface area contributed by atoms with Crippen LogP contribution in [0, 0.1) is 0 Å². The van der Waals surface area contributed by atoms with Crippen LogP contribution in [0.1, 0.15) is 32.8 Å². The van der Waals surface area contributed by atoms with Gasteiger partial charge in [-0.3, -0.25) is 4.72 Å². The lowest BCUT2D eigenvalue weighted by molar-refractivity contribution is 0.566. The normalized spacial score (nSPS) is 15.7. The fourth-order valence-corrected chi connectivity index (χ4v) is 2.69. The van der Waals surface area contributed by atoms with Gasteiger partial charge in [-0.1, -0.05) is 6.07 Å². The average Bonchev–Trinajstić information content (AvgIpc) is 2.27. The molecule has 0 fully saturated rings. The van der Waals surface area contributed by atoms with Crippen LogP contribution in [0.25, 0.3) is 0 Å². The van der Waals surface area contributed by atoms with Gasteiger partial charge in [-0.05, 0) is 51.3 Å². The molecule has 0 spiro atoms. The molecule has 0 saturated carbocycles. The van der Waals surface area contributed by atoms with E-state index >= 15 is 0 Å². The van der Waals surface area contributed by atoms with Crippen LogP contribution in [-0.2, 0) is 16.4 Å². The van der Waals surface area contributed by atoms with Gasteiger partial charge in [0.05, 0.1) is 10.4 Å². The summed E-state index contributed by atoms with van der Waals surface area (Å²) in [4.78, 5) is 0. The zero-order chi connectivity index (χ0) is 13.4. The molecule has 0 bridgehead atoms. The van der Waals surface area contributed by atoms with Crippen molar-refractivity contribution in [3.8, 4) is 0 Å². The van der Waals surface area contributed by atoms with Crippen LogP contribution in [0.15, 0.2) is 18.2 Å². The Balaban J connectivity index is 2.36.